The summed E-state index contributed by atoms with van der Waals surface area (Å²) in [6.45, 7) is 2.38. The van der Waals surface area contributed by atoms with Crippen molar-refractivity contribution in [2.24, 2.45) is 0 Å². The standard InChI is InChI=1S/C21H23FN4O3/c22-18-8-6-17(7-9-18)20(28)26-12-10-25(11-13-26)15-19(27)24-21(29)23-14-16-4-2-1-3-5-16/h1-9H,10-15H2,(H2,23,24,27,29). The molecule has 3 rings (SSSR count). The maximum Gasteiger partial charge on any atom is 0.321 e. The Morgan fingerprint density at radius 1 is 0.897 bits per heavy atom. The molecule has 8 heteroatoms. The second kappa shape index (κ2) is 9.79. The van der Waals surface area contributed by atoms with E-state index in [1.807, 2.05) is 35.2 Å². The fraction of sp³-hybridized carbons (Fsp3) is 0.286. The molecule has 152 valence electrons. The van der Waals surface area contributed by atoms with Crippen molar-refractivity contribution in [3.05, 3.63) is 71.5 Å². The maximum atomic E-state index is 13.0. The van der Waals surface area contributed by atoms with E-state index in [-0.39, 0.29) is 18.3 Å². The molecule has 1 fully saturated rings. The molecule has 2 aromatic carbocycles. The summed E-state index contributed by atoms with van der Waals surface area (Å²) in [6, 6.07) is 14.3. The minimum Gasteiger partial charge on any atom is -0.336 e. The van der Waals surface area contributed by atoms with Gasteiger partial charge in [0.15, 0.2) is 0 Å². The van der Waals surface area contributed by atoms with E-state index in [0.29, 0.717) is 38.3 Å². The van der Waals surface area contributed by atoms with E-state index in [1.165, 1.54) is 24.3 Å². The largest absolute Gasteiger partial charge is 0.336 e. The molecular formula is C21H23FN4O3. The van der Waals surface area contributed by atoms with Gasteiger partial charge in [0.1, 0.15) is 5.82 Å². The first kappa shape index (κ1) is 20.5. The van der Waals surface area contributed by atoms with Gasteiger partial charge in [-0.3, -0.25) is 19.8 Å². The summed E-state index contributed by atoms with van der Waals surface area (Å²) < 4.78 is 13.0. The number of rotatable bonds is 5. The highest BCUT2D eigenvalue weighted by Crippen LogP contribution is 2.10. The lowest BCUT2D eigenvalue weighted by Gasteiger charge is -2.34. The molecule has 0 saturated carbocycles. The molecule has 0 bridgehead atoms. The SMILES string of the molecule is O=C(CN1CCN(C(=O)c2ccc(F)cc2)CC1)NC(=O)NCc1ccccc1. The number of nitrogens with one attached hydrogen (secondary N) is 2. The van der Waals surface area contributed by atoms with E-state index < -0.39 is 11.9 Å². The second-order valence-electron chi connectivity index (χ2n) is 6.79. The molecule has 1 heterocycles. The first-order valence-corrected chi connectivity index (χ1v) is 9.40. The highest BCUT2D eigenvalue weighted by Gasteiger charge is 2.23. The van der Waals surface area contributed by atoms with Gasteiger partial charge in [-0.15, -0.1) is 0 Å². The van der Waals surface area contributed by atoms with Crippen molar-refractivity contribution in [3.63, 3.8) is 0 Å². The monoisotopic (exact) mass is 398 g/mol. The summed E-state index contributed by atoms with van der Waals surface area (Å²) in [5.41, 5.74) is 1.38. The average molecular weight is 398 g/mol. The molecule has 1 aliphatic rings. The Morgan fingerprint density at radius 2 is 1.55 bits per heavy atom. The van der Waals surface area contributed by atoms with E-state index in [4.69, 9.17) is 0 Å². The molecule has 1 aliphatic heterocycles. The van der Waals surface area contributed by atoms with Crippen LogP contribution in [0.25, 0.3) is 0 Å². The van der Waals surface area contributed by atoms with Crippen LogP contribution in [-0.2, 0) is 11.3 Å². The summed E-state index contributed by atoms with van der Waals surface area (Å²) in [7, 11) is 0. The summed E-state index contributed by atoms with van der Waals surface area (Å²) in [5.74, 6) is -0.937. The molecule has 0 unspecified atom stereocenters. The fourth-order valence-electron chi connectivity index (χ4n) is 3.08. The Labute approximate surface area is 168 Å². The number of urea groups is 1. The van der Waals surface area contributed by atoms with E-state index in [2.05, 4.69) is 10.6 Å². The Hall–Kier alpha value is -3.26. The topological polar surface area (TPSA) is 81.8 Å². The van der Waals surface area contributed by atoms with Gasteiger partial charge in [0.05, 0.1) is 6.54 Å². The minimum absolute atomic E-state index is 0.0807. The van der Waals surface area contributed by atoms with Crippen LogP contribution in [0.4, 0.5) is 9.18 Å². The predicted octanol–water partition coefficient (Wildman–Crippen LogP) is 1.61. The molecule has 0 aliphatic carbocycles. The van der Waals surface area contributed by atoms with Gasteiger partial charge in [-0.2, -0.15) is 0 Å². The summed E-state index contributed by atoms with van der Waals surface area (Å²) in [6.07, 6.45) is 0. The van der Waals surface area contributed by atoms with Gasteiger partial charge in [-0.25, -0.2) is 9.18 Å². The van der Waals surface area contributed by atoms with E-state index in [9.17, 15) is 18.8 Å². The molecule has 29 heavy (non-hydrogen) atoms. The quantitative estimate of drug-likeness (QED) is 0.802. The summed E-state index contributed by atoms with van der Waals surface area (Å²) in [5, 5.41) is 4.96. The number of piperazine rings is 1. The van der Waals surface area contributed by atoms with Crippen LogP contribution >= 0.6 is 0 Å². The number of carbonyl (C=O) groups excluding carboxylic acids is 3. The van der Waals surface area contributed by atoms with Gasteiger partial charge in [0.25, 0.3) is 5.91 Å². The van der Waals surface area contributed by atoms with Crippen LogP contribution in [0.3, 0.4) is 0 Å². The van der Waals surface area contributed by atoms with Crippen LogP contribution in [0.15, 0.2) is 54.6 Å². The first-order valence-electron chi connectivity index (χ1n) is 9.40. The van der Waals surface area contributed by atoms with Crippen LogP contribution < -0.4 is 10.6 Å². The lowest BCUT2D eigenvalue weighted by molar-refractivity contribution is -0.121. The van der Waals surface area contributed by atoms with Crippen LogP contribution in [0, 0.1) is 5.82 Å². The molecular weight excluding hydrogens is 375 g/mol. The van der Waals surface area contributed by atoms with Gasteiger partial charge in [0, 0.05) is 38.3 Å². The predicted molar refractivity (Wildman–Crippen MR) is 106 cm³/mol. The zero-order chi connectivity index (χ0) is 20.6. The zero-order valence-electron chi connectivity index (χ0n) is 15.9. The number of hydrogen-bond donors (Lipinski definition) is 2. The van der Waals surface area contributed by atoms with Gasteiger partial charge in [0.2, 0.25) is 5.91 Å². The minimum atomic E-state index is -0.538. The number of carbonyl (C=O) groups is 3. The molecule has 4 amide bonds. The smallest absolute Gasteiger partial charge is 0.321 e. The van der Waals surface area contributed by atoms with Crippen LogP contribution in [0.1, 0.15) is 15.9 Å². The van der Waals surface area contributed by atoms with Crippen LogP contribution in [0.5, 0.6) is 0 Å². The van der Waals surface area contributed by atoms with Crippen molar-refractivity contribution in [1.82, 2.24) is 20.4 Å². The van der Waals surface area contributed by atoms with Gasteiger partial charge < -0.3 is 10.2 Å². The highest BCUT2D eigenvalue weighted by molar-refractivity contribution is 5.95. The zero-order valence-corrected chi connectivity index (χ0v) is 15.9. The molecule has 0 spiro atoms. The number of hydrogen-bond acceptors (Lipinski definition) is 4. The van der Waals surface area contributed by atoms with Crippen LogP contribution in [-0.4, -0.2) is 60.4 Å². The third kappa shape index (κ3) is 6.11. The molecule has 0 atom stereocenters. The van der Waals surface area contributed by atoms with Crippen molar-refractivity contribution in [2.45, 2.75) is 6.54 Å². The van der Waals surface area contributed by atoms with Gasteiger partial charge in [-0.1, -0.05) is 30.3 Å². The van der Waals surface area contributed by atoms with Crippen molar-refractivity contribution in [1.29, 1.82) is 0 Å². The Morgan fingerprint density at radius 3 is 2.21 bits per heavy atom. The van der Waals surface area contributed by atoms with E-state index in [1.54, 1.807) is 4.90 Å². The molecule has 7 nitrogen and oxygen atoms in total. The third-order valence-electron chi connectivity index (χ3n) is 4.67. The lowest BCUT2D eigenvalue weighted by atomic mass is 10.2. The van der Waals surface area contributed by atoms with E-state index in [0.717, 1.165) is 5.56 Å². The average Bonchev–Trinajstić information content (AvgIpc) is 2.73. The van der Waals surface area contributed by atoms with Crippen molar-refractivity contribution in [3.8, 4) is 0 Å². The first-order chi connectivity index (χ1) is 14.0. The number of amides is 4. The Bertz CT molecular complexity index is 850. The Kier molecular flexibility index (Phi) is 6.91. The lowest BCUT2D eigenvalue weighted by Crippen LogP contribution is -2.52. The normalized spacial score (nSPS) is 14.3. The maximum absolute atomic E-state index is 13.0. The van der Waals surface area contributed by atoms with Gasteiger partial charge >= 0.3 is 6.03 Å². The summed E-state index contributed by atoms with van der Waals surface area (Å²) in [4.78, 5) is 39.9. The van der Waals surface area contributed by atoms with Crippen molar-refractivity contribution in [2.75, 3.05) is 32.7 Å². The molecule has 0 radical (unpaired) electrons. The third-order valence-corrected chi connectivity index (χ3v) is 4.67. The molecule has 1 saturated heterocycles. The molecule has 2 N–H and O–H groups in total. The van der Waals surface area contributed by atoms with Gasteiger partial charge in [-0.05, 0) is 29.8 Å². The summed E-state index contributed by atoms with van der Waals surface area (Å²) >= 11 is 0. The molecule has 2 aromatic rings. The van der Waals surface area contributed by atoms with Crippen molar-refractivity contribution >= 4 is 17.8 Å². The highest BCUT2D eigenvalue weighted by atomic mass is 19.1. The fourth-order valence-corrected chi connectivity index (χ4v) is 3.08. The molecule has 0 aromatic heterocycles. The second-order valence-corrected chi connectivity index (χ2v) is 6.79. The van der Waals surface area contributed by atoms with Crippen LogP contribution in [0.2, 0.25) is 0 Å². The Balaban J connectivity index is 1.38. The van der Waals surface area contributed by atoms with Crippen molar-refractivity contribution < 1.29 is 18.8 Å². The number of imide groups is 1. The number of benzene rings is 2. The number of halogens is 1. The number of nitrogens with zero attached hydrogens (tertiary/aromatic N) is 2. The van der Waals surface area contributed by atoms with E-state index >= 15 is 0 Å².